The van der Waals surface area contributed by atoms with Gasteiger partial charge in [-0.1, -0.05) is 19.3 Å². The van der Waals surface area contributed by atoms with Crippen molar-refractivity contribution in [1.29, 1.82) is 0 Å². The molecule has 116 valence electrons. The van der Waals surface area contributed by atoms with Gasteiger partial charge in [0.05, 0.1) is 5.69 Å². The fourth-order valence-corrected chi connectivity index (χ4v) is 2.80. The fourth-order valence-electron chi connectivity index (χ4n) is 2.80. The molecule has 1 aliphatic carbocycles. The van der Waals surface area contributed by atoms with Crippen LogP contribution in [0.3, 0.4) is 0 Å². The summed E-state index contributed by atoms with van der Waals surface area (Å²) in [5.74, 6) is 1.19. The second-order valence-corrected chi connectivity index (χ2v) is 5.52. The van der Waals surface area contributed by atoms with Crippen molar-refractivity contribution in [2.75, 3.05) is 12.2 Å². The van der Waals surface area contributed by atoms with Gasteiger partial charge in [0, 0.05) is 17.8 Å². The third-order valence-corrected chi connectivity index (χ3v) is 3.97. The fraction of sp³-hybridized carbons (Fsp3) is 0.412. The first kappa shape index (κ1) is 14.8. The molecule has 0 saturated heterocycles. The molecule has 1 heterocycles. The van der Waals surface area contributed by atoms with Crippen LogP contribution in [0.15, 0.2) is 36.5 Å². The van der Waals surface area contributed by atoms with Gasteiger partial charge in [0.15, 0.2) is 0 Å². The van der Waals surface area contributed by atoms with Gasteiger partial charge >= 0.3 is 0 Å². The average molecular weight is 301 g/mol. The minimum atomic E-state index is -0.817. The van der Waals surface area contributed by atoms with Gasteiger partial charge in [-0.25, -0.2) is 14.4 Å². The topological polar surface area (TPSA) is 47.0 Å². The Morgan fingerprint density at radius 1 is 1.09 bits per heavy atom. The molecule has 1 N–H and O–H groups in total. The number of rotatable bonds is 5. The zero-order valence-electron chi connectivity index (χ0n) is 12.5. The lowest BCUT2D eigenvalue weighted by atomic mass is 9.96. The summed E-state index contributed by atoms with van der Waals surface area (Å²) in [5, 5.41) is 3.43. The van der Waals surface area contributed by atoms with Crippen molar-refractivity contribution >= 4 is 5.95 Å². The molecule has 5 heteroatoms. The van der Waals surface area contributed by atoms with E-state index in [9.17, 15) is 4.39 Å². The highest BCUT2D eigenvalue weighted by Crippen LogP contribution is 2.23. The SMILES string of the molecule is FCOc1ccc(-c2ccnc(NC3CCCCC3)n2)cc1. The van der Waals surface area contributed by atoms with E-state index in [1.54, 1.807) is 18.3 Å². The summed E-state index contributed by atoms with van der Waals surface area (Å²) < 4.78 is 16.9. The highest BCUT2D eigenvalue weighted by molar-refractivity contribution is 5.61. The third-order valence-electron chi connectivity index (χ3n) is 3.97. The molecule has 2 aromatic rings. The smallest absolute Gasteiger partial charge is 0.228 e. The van der Waals surface area contributed by atoms with Crippen LogP contribution in [-0.2, 0) is 0 Å². The van der Waals surface area contributed by atoms with Crippen molar-refractivity contribution in [3.8, 4) is 17.0 Å². The molecule has 22 heavy (non-hydrogen) atoms. The molecule has 0 amide bonds. The normalized spacial score (nSPS) is 15.5. The molecule has 0 atom stereocenters. The minimum absolute atomic E-state index is 0.476. The van der Waals surface area contributed by atoms with E-state index in [-0.39, 0.29) is 0 Å². The van der Waals surface area contributed by atoms with Gasteiger partial charge in [-0.05, 0) is 43.2 Å². The van der Waals surface area contributed by atoms with Crippen LogP contribution < -0.4 is 10.1 Å². The molecule has 1 aliphatic rings. The summed E-state index contributed by atoms with van der Waals surface area (Å²) in [4.78, 5) is 8.89. The van der Waals surface area contributed by atoms with Crippen LogP contribution in [0.1, 0.15) is 32.1 Å². The second kappa shape index (κ2) is 7.20. The molecule has 0 aliphatic heterocycles. The Labute approximate surface area is 129 Å². The van der Waals surface area contributed by atoms with Crippen molar-refractivity contribution < 1.29 is 9.13 Å². The van der Waals surface area contributed by atoms with Gasteiger partial charge in [0.25, 0.3) is 0 Å². The van der Waals surface area contributed by atoms with Gasteiger partial charge in [0.2, 0.25) is 12.8 Å². The van der Waals surface area contributed by atoms with Crippen LogP contribution in [0.25, 0.3) is 11.3 Å². The Morgan fingerprint density at radius 2 is 1.86 bits per heavy atom. The zero-order chi connectivity index (χ0) is 15.2. The Bertz CT molecular complexity index is 597. The molecular formula is C17H20FN3O. The molecule has 1 aromatic heterocycles. The predicted octanol–water partition coefficient (Wildman–Crippen LogP) is 4.19. The maximum Gasteiger partial charge on any atom is 0.228 e. The van der Waals surface area contributed by atoms with Crippen LogP contribution in [0.2, 0.25) is 0 Å². The van der Waals surface area contributed by atoms with E-state index in [2.05, 4.69) is 15.3 Å². The summed E-state index contributed by atoms with van der Waals surface area (Å²) in [6, 6.07) is 9.58. The maximum absolute atomic E-state index is 12.1. The lowest BCUT2D eigenvalue weighted by Crippen LogP contribution is -2.23. The number of aromatic nitrogens is 2. The lowest BCUT2D eigenvalue weighted by molar-refractivity contribution is 0.192. The Morgan fingerprint density at radius 3 is 2.59 bits per heavy atom. The van der Waals surface area contributed by atoms with Crippen molar-refractivity contribution in [1.82, 2.24) is 9.97 Å². The molecule has 0 unspecified atom stereocenters. The molecule has 0 bridgehead atoms. The van der Waals surface area contributed by atoms with Gasteiger partial charge in [-0.3, -0.25) is 0 Å². The second-order valence-electron chi connectivity index (χ2n) is 5.52. The van der Waals surface area contributed by atoms with Gasteiger partial charge < -0.3 is 10.1 Å². The molecule has 0 spiro atoms. The van der Waals surface area contributed by atoms with Crippen LogP contribution in [0.4, 0.5) is 10.3 Å². The van der Waals surface area contributed by atoms with E-state index in [0.717, 1.165) is 11.3 Å². The predicted molar refractivity (Wildman–Crippen MR) is 84.6 cm³/mol. The Balaban J connectivity index is 1.72. The van der Waals surface area contributed by atoms with Gasteiger partial charge in [0.1, 0.15) is 5.75 Å². The van der Waals surface area contributed by atoms with E-state index < -0.39 is 6.86 Å². The number of benzene rings is 1. The Kier molecular flexibility index (Phi) is 4.83. The number of alkyl halides is 1. The number of halogens is 1. The van der Waals surface area contributed by atoms with Crippen molar-refractivity contribution in [3.63, 3.8) is 0 Å². The maximum atomic E-state index is 12.1. The first-order chi connectivity index (χ1) is 10.8. The van der Waals surface area contributed by atoms with Gasteiger partial charge in [-0.15, -0.1) is 0 Å². The monoisotopic (exact) mass is 301 g/mol. The summed E-state index contributed by atoms with van der Waals surface area (Å²) in [6.07, 6.45) is 8.00. The van der Waals surface area contributed by atoms with Crippen molar-refractivity contribution in [2.24, 2.45) is 0 Å². The molecular weight excluding hydrogens is 281 g/mol. The first-order valence-corrected chi connectivity index (χ1v) is 7.74. The summed E-state index contributed by atoms with van der Waals surface area (Å²) in [6.45, 7) is -0.817. The summed E-state index contributed by atoms with van der Waals surface area (Å²) in [5.41, 5.74) is 1.81. The third kappa shape index (κ3) is 3.72. The van der Waals surface area contributed by atoms with Crippen molar-refractivity contribution in [3.05, 3.63) is 36.5 Å². The minimum Gasteiger partial charge on any atom is -0.463 e. The molecule has 3 rings (SSSR count). The summed E-state index contributed by atoms with van der Waals surface area (Å²) >= 11 is 0. The average Bonchev–Trinajstić information content (AvgIpc) is 2.57. The van der Waals surface area contributed by atoms with Crippen LogP contribution in [0, 0.1) is 0 Å². The number of anilines is 1. The first-order valence-electron chi connectivity index (χ1n) is 7.74. The molecule has 1 saturated carbocycles. The molecule has 1 fully saturated rings. The van der Waals surface area contributed by atoms with Crippen LogP contribution in [-0.4, -0.2) is 22.9 Å². The van der Waals surface area contributed by atoms with E-state index >= 15 is 0 Å². The largest absolute Gasteiger partial charge is 0.463 e. The number of ether oxygens (including phenoxy) is 1. The van der Waals surface area contributed by atoms with E-state index in [4.69, 9.17) is 4.74 Å². The van der Waals surface area contributed by atoms with Crippen LogP contribution >= 0.6 is 0 Å². The highest BCUT2D eigenvalue weighted by atomic mass is 19.1. The molecule has 0 radical (unpaired) electrons. The van der Waals surface area contributed by atoms with Gasteiger partial charge in [-0.2, -0.15) is 0 Å². The number of hydrogen-bond donors (Lipinski definition) is 1. The number of hydrogen-bond acceptors (Lipinski definition) is 4. The lowest BCUT2D eigenvalue weighted by Gasteiger charge is -2.22. The van der Waals surface area contributed by atoms with Crippen molar-refractivity contribution in [2.45, 2.75) is 38.1 Å². The number of nitrogens with zero attached hydrogens (tertiary/aromatic N) is 2. The van der Waals surface area contributed by atoms with E-state index in [1.165, 1.54) is 32.1 Å². The zero-order valence-corrected chi connectivity index (χ0v) is 12.5. The summed E-state index contributed by atoms with van der Waals surface area (Å²) in [7, 11) is 0. The Hall–Kier alpha value is -2.17. The number of nitrogens with one attached hydrogen (secondary N) is 1. The molecule has 1 aromatic carbocycles. The molecule has 4 nitrogen and oxygen atoms in total. The standard InChI is InChI=1S/C17H20FN3O/c18-12-22-15-8-6-13(7-9-15)16-10-11-19-17(21-16)20-14-4-2-1-3-5-14/h6-11,14H,1-5,12H2,(H,19,20,21). The highest BCUT2D eigenvalue weighted by Gasteiger charge is 2.14. The van der Waals surface area contributed by atoms with E-state index in [1.807, 2.05) is 18.2 Å². The van der Waals surface area contributed by atoms with Crippen LogP contribution in [0.5, 0.6) is 5.75 Å². The quantitative estimate of drug-likeness (QED) is 0.899. The van der Waals surface area contributed by atoms with E-state index in [0.29, 0.717) is 17.7 Å².